The van der Waals surface area contributed by atoms with Gasteiger partial charge in [0, 0.05) is 24.4 Å². The second-order valence-corrected chi connectivity index (χ2v) is 7.28. The van der Waals surface area contributed by atoms with Crippen LogP contribution in [0.3, 0.4) is 0 Å². The van der Waals surface area contributed by atoms with E-state index >= 15 is 0 Å². The van der Waals surface area contributed by atoms with Gasteiger partial charge in [0.2, 0.25) is 0 Å². The van der Waals surface area contributed by atoms with Gasteiger partial charge < -0.3 is 19.6 Å². The molecule has 0 amide bonds. The fraction of sp³-hybridized carbons (Fsp3) is 0.286. The van der Waals surface area contributed by atoms with E-state index in [9.17, 15) is 5.11 Å². The fourth-order valence-corrected chi connectivity index (χ4v) is 4.09. The van der Waals surface area contributed by atoms with E-state index in [1.807, 2.05) is 41.0 Å². The summed E-state index contributed by atoms with van der Waals surface area (Å²) in [6.45, 7) is 0. The fourth-order valence-electron chi connectivity index (χ4n) is 3.80. The lowest BCUT2D eigenvalue weighted by Crippen LogP contribution is -2.34. The van der Waals surface area contributed by atoms with Crippen molar-refractivity contribution in [1.29, 1.82) is 0 Å². The predicted octanol–water partition coefficient (Wildman–Crippen LogP) is 4.38. The Hall–Kier alpha value is -2.34. The van der Waals surface area contributed by atoms with Crippen molar-refractivity contribution in [1.82, 2.24) is 4.57 Å². The van der Waals surface area contributed by atoms with Crippen LogP contribution in [-0.2, 0) is 11.2 Å². The summed E-state index contributed by atoms with van der Waals surface area (Å²) >= 11 is 6.53. The molecule has 2 heterocycles. The van der Waals surface area contributed by atoms with Gasteiger partial charge in [-0.1, -0.05) is 53.2 Å². The number of halogens is 1. The van der Waals surface area contributed by atoms with Crippen LogP contribution >= 0.6 is 11.6 Å². The van der Waals surface area contributed by atoms with Gasteiger partial charge in [-0.05, 0) is 29.7 Å². The molecule has 1 aromatic heterocycles. The molecule has 3 atom stereocenters. The van der Waals surface area contributed by atoms with E-state index in [1.54, 1.807) is 0 Å². The van der Waals surface area contributed by atoms with Gasteiger partial charge in [-0.15, -0.1) is 0 Å². The molecule has 2 N–H and O–H groups in total. The van der Waals surface area contributed by atoms with Crippen molar-refractivity contribution in [3.05, 3.63) is 70.9 Å². The maximum Gasteiger partial charge on any atom is 0.137 e. The lowest BCUT2D eigenvalue weighted by atomic mass is 10.0. The van der Waals surface area contributed by atoms with Gasteiger partial charge in [0.25, 0.3) is 0 Å². The van der Waals surface area contributed by atoms with Crippen molar-refractivity contribution in [2.45, 2.75) is 37.7 Å². The van der Waals surface area contributed by atoms with E-state index in [4.69, 9.17) is 21.5 Å². The lowest BCUT2D eigenvalue weighted by molar-refractivity contribution is -0.100. The second kappa shape index (κ2) is 7.72. The third-order valence-corrected chi connectivity index (χ3v) is 5.29. The Bertz CT molecular complexity index is 955. The molecule has 0 aliphatic carbocycles. The van der Waals surface area contributed by atoms with Crippen molar-refractivity contribution in [3.8, 4) is 0 Å². The Morgan fingerprint density at radius 1 is 1.15 bits per heavy atom. The van der Waals surface area contributed by atoms with Gasteiger partial charge in [-0.25, -0.2) is 0 Å². The van der Waals surface area contributed by atoms with E-state index in [2.05, 4.69) is 23.5 Å². The zero-order valence-corrected chi connectivity index (χ0v) is 15.5. The Kier molecular flexibility index (Phi) is 5.16. The third kappa shape index (κ3) is 3.72. The number of aliphatic hydroxyl groups is 1. The van der Waals surface area contributed by atoms with Gasteiger partial charge in [0.15, 0.2) is 0 Å². The van der Waals surface area contributed by atoms with Gasteiger partial charge in [-0.2, -0.15) is 0 Å². The standard InChI is InChI=1S/C21H21ClN2O3/c22-18-7-4-8-19-21(18)15(9-14-5-2-1-3-6-14)13-24(19)20-11-16(25)10-17(27-20)12-23-26/h1-8,12-13,16-17,20,25-26H,9-11H2/b23-12+/t16-,17-,20+/m0/s1. The number of aromatic nitrogens is 1. The van der Waals surface area contributed by atoms with Crippen LogP contribution in [0.15, 0.2) is 59.9 Å². The number of fused-ring (bicyclic) bond motifs is 1. The molecule has 1 aliphatic heterocycles. The maximum absolute atomic E-state index is 10.2. The number of aliphatic hydroxyl groups excluding tert-OH is 1. The molecule has 2 aromatic carbocycles. The topological polar surface area (TPSA) is 67.0 Å². The van der Waals surface area contributed by atoms with Crippen LogP contribution in [0.5, 0.6) is 0 Å². The predicted molar refractivity (Wildman–Crippen MR) is 106 cm³/mol. The molecule has 5 nitrogen and oxygen atoms in total. The van der Waals surface area contributed by atoms with Crippen LogP contribution in [0.4, 0.5) is 0 Å². The molecular weight excluding hydrogens is 364 g/mol. The number of benzene rings is 2. The number of ether oxygens (including phenoxy) is 1. The average Bonchev–Trinajstić information content (AvgIpc) is 3.02. The summed E-state index contributed by atoms with van der Waals surface area (Å²) in [5.74, 6) is 0. The smallest absolute Gasteiger partial charge is 0.137 e. The Morgan fingerprint density at radius 2 is 1.96 bits per heavy atom. The van der Waals surface area contributed by atoms with Crippen molar-refractivity contribution < 1.29 is 15.1 Å². The van der Waals surface area contributed by atoms with E-state index in [0.29, 0.717) is 17.9 Å². The zero-order valence-electron chi connectivity index (χ0n) is 14.7. The van der Waals surface area contributed by atoms with Crippen molar-refractivity contribution in [2.24, 2.45) is 5.16 Å². The van der Waals surface area contributed by atoms with Crippen molar-refractivity contribution >= 4 is 28.7 Å². The van der Waals surface area contributed by atoms with Crippen LogP contribution in [0.1, 0.15) is 30.2 Å². The summed E-state index contributed by atoms with van der Waals surface area (Å²) in [6, 6.07) is 16.0. The number of hydrogen-bond donors (Lipinski definition) is 2. The number of oxime groups is 1. The van der Waals surface area contributed by atoms with E-state index < -0.39 is 12.2 Å². The molecule has 1 aliphatic rings. The molecule has 140 valence electrons. The third-order valence-electron chi connectivity index (χ3n) is 4.98. The summed E-state index contributed by atoms with van der Waals surface area (Å²) in [5.41, 5.74) is 3.27. The summed E-state index contributed by atoms with van der Waals surface area (Å²) in [7, 11) is 0. The molecular formula is C21H21ClN2O3. The van der Waals surface area contributed by atoms with Crippen LogP contribution in [0.2, 0.25) is 5.02 Å². The molecule has 4 rings (SSSR count). The summed E-state index contributed by atoms with van der Waals surface area (Å²) in [5, 5.41) is 23.8. The quantitative estimate of drug-likeness (QED) is 0.398. The average molecular weight is 385 g/mol. The van der Waals surface area contributed by atoms with Crippen LogP contribution in [0.25, 0.3) is 10.9 Å². The molecule has 0 radical (unpaired) electrons. The highest BCUT2D eigenvalue weighted by Crippen LogP contribution is 2.36. The molecule has 6 heteroatoms. The van der Waals surface area contributed by atoms with Crippen LogP contribution in [-0.4, -0.2) is 33.3 Å². The van der Waals surface area contributed by atoms with Gasteiger partial charge in [0.1, 0.15) is 12.3 Å². The first-order chi connectivity index (χ1) is 13.2. The molecule has 3 aromatic rings. The molecule has 27 heavy (non-hydrogen) atoms. The van der Waals surface area contributed by atoms with E-state index in [0.717, 1.165) is 22.9 Å². The monoisotopic (exact) mass is 384 g/mol. The van der Waals surface area contributed by atoms with Gasteiger partial charge in [0.05, 0.1) is 22.9 Å². The molecule has 0 spiro atoms. The summed E-state index contributed by atoms with van der Waals surface area (Å²) < 4.78 is 8.07. The molecule has 0 bridgehead atoms. The Balaban J connectivity index is 1.76. The van der Waals surface area contributed by atoms with Crippen molar-refractivity contribution in [3.63, 3.8) is 0 Å². The second-order valence-electron chi connectivity index (χ2n) is 6.88. The highest BCUT2D eigenvalue weighted by Gasteiger charge is 2.30. The van der Waals surface area contributed by atoms with Crippen LogP contribution < -0.4 is 0 Å². The SMILES string of the molecule is O/N=C/[C@@H]1C[C@H](O)C[C@H](n2cc(Cc3ccccc3)c3c(Cl)cccc32)O1. The first-order valence-corrected chi connectivity index (χ1v) is 9.36. The summed E-state index contributed by atoms with van der Waals surface area (Å²) in [6.07, 6.45) is 3.69. The van der Waals surface area contributed by atoms with Gasteiger partial charge >= 0.3 is 0 Å². The highest BCUT2D eigenvalue weighted by atomic mass is 35.5. The maximum atomic E-state index is 10.2. The minimum atomic E-state index is -0.527. The first kappa shape index (κ1) is 18.0. The number of hydrogen-bond acceptors (Lipinski definition) is 4. The number of nitrogens with zero attached hydrogens (tertiary/aromatic N) is 2. The zero-order chi connectivity index (χ0) is 18.8. The minimum Gasteiger partial charge on any atom is -0.411 e. The first-order valence-electron chi connectivity index (χ1n) is 8.98. The minimum absolute atomic E-state index is 0.359. The van der Waals surface area contributed by atoms with E-state index in [1.165, 1.54) is 11.8 Å². The molecule has 0 saturated carbocycles. The molecule has 0 unspecified atom stereocenters. The normalized spacial score (nSPS) is 23.3. The Labute approximate surface area is 162 Å². The van der Waals surface area contributed by atoms with Crippen LogP contribution in [0, 0.1) is 0 Å². The lowest BCUT2D eigenvalue weighted by Gasteiger charge is -2.32. The number of rotatable bonds is 4. The van der Waals surface area contributed by atoms with Gasteiger partial charge in [-0.3, -0.25) is 0 Å². The Morgan fingerprint density at radius 3 is 2.74 bits per heavy atom. The molecule has 1 fully saturated rings. The van der Waals surface area contributed by atoms with Crippen molar-refractivity contribution in [2.75, 3.05) is 0 Å². The largest absolute Gasteiger partial charge is 0.411 e. The van der Waals surface area contributed by atoms with E-state index in [-0.39, 0.29) is 6.23 Å². The molecule has 1 saturated heterocycles. The summed E-state index contributed by atoms with van der Waals surface area (Å²) in [4.78, 5) is 0. The highest BCUT2D eigenvalue weighted by molar-refractivity contribution is 6.35.